The summed E-state index contributed by atoms with van der Waals surface area (Å²) < 4.78 is 2.95. The Kier molecular flexibility index (Phi) is 12.8. The Balaban J connectivity index is 1.11. The summed E-state index contributed by atoms with van der Waals surface area (Å²) in [7, 11) is 0. The second-order valence-corrected chi connectivity index (χ2v) is 40.7. The molecule has 2 unspecified atom stereocenters. The molecule has 1 fully saturated rings. The smallest absolute Gasteiger partial charge is 0.265 e. The third kappa shape index (κ3) is 8.33. The van der Waals surface area contributed by atoms with Crippen LogP contribution in [0.25, 0.3) is 15.6 Å². The number of thiophene rings is 1. The number of benzene rings is 6. The number of aryl methyl sites for hydroxylation is 2. The Hall–Kier alpha value is -5.52. The number of allylic oxidation sites excluding steroid dienone is 1. The first kappa shape index (κ1) is 63.2. The number of fused-ring (bicyclic) bond motifs is 14. The summed E-state index contributed by atoms with van der Waals surface area (Å²) in [6.45, 7) is 63.4. The SMILES string of the molecule is Cc1cc2c(cc1N1C3=C(B4c5sc6cc7c(cc6c5N(c5cc6c(cc5C)C(C)(C)CCC6(C)C)c5cc(N6c8ccc(C(C)(C)C)cc8C8(C)CCCCC68C)cc1c54)C(C)(C)CCC7(C)C)c1cc4c(cc1C3(C)C)C(C)(C)CCC4(C)C)C(C)(C)CCC2(C)C. The van der Waals surface area contributed by atoms with Gasteiger partial charge in [0.25, 0.3) is 6.71 Å². The Morgan fingerprint density at radius 3 is 1.35 bits per heavy atom. The lowest BCUT2D eigenvalue weighted by molar-refractivity contribution is 0.195. The number of rotatable bonds is 3. The highest BCUT2D eigenvalue weighted by Crippen LogP contribution is 2.66. The summed E-state index contributed by atoms with van der Waals surface area (Å²) >= 11 is 2.15. The van der Waals surface area contributed by atoms with Crippen LogP contribution in [-0.4, -0.2) is 12.3 Å². The molecule has 5 heteroatoms. The average Bonchev–Trinajstić information content (AvgIpc) is 1.44. The molecule has 0 N–H and O–H groups in total. The van der Waals surface area contributed by atoms with Crippen molar-refractivity contribution in [1.82, 2.24) is 0 Å². The lowest BCUT2D eigenvalue weighted by atomic mass is 9.35. The highest BCUT2D eigenvalue weighted by atomic mass is 32.1. The molecule has 0 bridgehead atoms. The van der Waals surface area contributed by atoms with Crippen molar-refractivity contribution in [1.29, 1.82) is 0 Å². The van der Waals surface area contributed by atoms with E-state index in [0.717, 1.165) is 6.42 Å². The van der Waals surface area contributed by atoms with Gasteiger partial charge < -0.3 is 14.7 Å². The van der Waals surface area contributed by atoms with Gasteiger partial charge >= 0.3 is 0 Å². The molecule has 94 heavy (non-hydrogen) atoms. The predicted octanol–water partition coefficient (Wildman–Crippen LogP) is 23.7. The summed E-state index contributed by atoms with van der Waals surface area (Å²) in [5.74, 6) is 0. The lowest BCUT2D eigenvalue weighted by Gasteiger charge is -2.51. The predicted molar refractivity (Wildman–Crippen MR) is 409 cm³/mol. The van der Waals surface area contributed by atoms with E-state index in [1.54, 1.807) is 27.8 Å². The Morgan fingerprint density at radius 1 is 0.404 bits per heavy atom. The van der Waals surface area contributed by atoms with Gasteiger partial charge in [0.2, 0.25) is 0 Å². The Morgan fingerprint density at radius 2 is 0.840 bits per heavy atom. The maximum Gasteiger partial charge on any atom is 0.265 e. The average molecular weight is 1270 g/mol. The molecule has 0 spiro atoms. The molecule has 0 radical (unpaired) electrons. The van der Waals surface area contributed by atoms with E-state index >= 15 is 0 Å². The van der Waals surface area contributed by atoms with E-state index in [-0.39, 0.29) is 71.8 Å². The Bertz CT molecular complexity index is 4550. The quantitative estimate of drug-likeness (QED) is 0.163. The van der Waals surface area contributed by atoms with E-state index in [4.69, 9.17) is 0 Å². The van der Waals surface area contributed by atoms with Crippen molar-refractivity contribution in [3.63, 3.8) is 0 Å². The van der Waals surface area contributed by atoms with Crippen LogP contribution in [0.1, 0.15) is 314 Å². The van der Waals surface area contributed by atoms with Crippen LogP contribution in [0.2, 0.25) is 0 Å². The molecule has 0 saturated heterocycles. The minimum Gasteiger partial charge on any atom is -0.334 e. The van der Waals surface area contributed by atoms with Crippen molar-refractivity contribution in [2.24, 2.45) is 0 Å². The number of hydrogen-bond acceptors (Lipinski definition) is 4. The van der Waals surface area contributed by atoms with Crippen LogP contribution < -0.4 is 24.9 Å². The van der Waals surface area contributed by atoms with Crippen LogP contribution in [0.5, 0.6) is 0 Å². The van der Waals surface area contributed by atoms with Crippen LogP contribution in [0, 0.1) is 13.8 Å². The maximum absolute atomic E-state index is 2.96. The minimum atomic E-state index is -0.367. The van der Waals surface area contributed by atoms with Crippen LogP contribution in [0.15, 0.2) is 84.6 Å². The zero-order valence-electron chi connectivity index (χ0n) is 62.8. The molecule has 3 nitrogen and oxygen atoms in total. The number of hydrogen-bond donors (Lipinski definition) is 0. The summed E-state index contributed by atoms with van der Waals surface area (Å²) in [5.41, 5.74) is 34.9. The molecule has 1 aromatic heterocycles. The molecule has 16 rings (SSSR count). The molecule has 9 aliphatic rings. The fraction of sp³-hybridized carbons (Fsp3) is 0.551. The highest BCUT2D eigenvalue weighted by molar-refractivity contribution is 7.34. The van der Waals surface area contributed by atoms with E-state index in [9.17, 15) is 0 Å². The van der Waals surface area contributed by atoms with Gasteiger partial charge in [-0.3, -0.25) is 0 Å². The zero-order chi connectivity index (χ0) is 67.3. The first-order valence-corrected chi connectivity index (χ1v) is 37.9. The van der Waals surface area contributed by atoms with Gasteiger partial charge in [-0.1, -0.05) is 202 Å². The van der Waals surface area contributed by atoms with E-state index < -0.39 is 0 Å². The Labute approximate surface area is 572 Å². The van der Waals surface area contributed by atoms with Gasteiger partial charge in [0.15, 0.2) is 0 Å². The molecule has 492 valence electrons. The number of nitrogens with zero attached hydrogens (tertiary/aromatic N) is 3. The van der Waals surface area contributed by atoms with Crippen molar-refractivity contribution >= 4 is 83.7 Å². The zero-order valence-corrected chi connectivity index (χ0v) is 63.6. The third-order valence-electron chi connectivity index (χ3n) is 28.4. The molecule has 0 amide bonds. The second kappa shape index (κ2) is 19.0. The highest BCUT2D eigenvalue weighted by Gasteiger charge is 2.60. The van der Waals surface area contributed by atoms with Crippen LogP contribution in [0.4, 0.5) is 39.8 Å². The van der Waals surface area contributed by atoms with Gasteiger partial charge in [-0.15, -0.1) is 11.3 Å². The largest absolute Gasteiger partial charge is 0.334 e. The summed E-state index contributed by atoms with van der Waals surface area (Å²) in [6, 6.07) is 35.2. The monoisotopic (exact) mass is 1270 g/mol. The first-order valence-electron chi connectivity index (χ1n) is 37.1. The molecular weight excluding hydrogens is 1150 g/mol. The molecule has 1 saturated carbocycles. The molecule has 4 heterocycles. The normalized spacial score (nSPS) is 25.9. The molecular formula is C89H112BN3S. The van der Waals surface area contributed by atoms with Gasteiger partial charge in [-0.2, -0.15) is 0 Å². The van der Waals surface area contributed by atoms with Gasteiger partial charge in [0, 0.05) is 65.5 Å². The molecule has 6 aromatic carbocycles. The molecule has 3 aliphatic heterocycles. The number of anilines is 7. The second-order valence-electron chi connectivity index (χ2n) is 39.6. The van der Waals surface area contributed by atoms with Crippen LogP contribution in [0.3, 0.4) is 0 Å². The third-order valence-corrected chi connectivity index (χ3v) is 29.6. The van der Waals surface area contributed by atoms with Gasteiger partial charge in [0.1, 0.15) is 0 Å². The summed E-state index contributed by atoms with van der Waals surface area (Å²) in [5, 5.41) is 1.43. The molecule has 7 aromatic rings. The van der Waals surface area contributed by atoms with Crippen LogP contribution >= 0.6 is 11.3 Å². The van der Waals surface area contributed by atoms with Crippen molar-refractivity contribution in [2.45, 2.75) is 315 Å². The van der Waals surface area contributed by atoms with Crippen molar-refractivity contribution in [2.75, 3.05) is 14.7 Å². The fourth-order valence-electron chi connectivity index (χ4n) is 21.3. The molecule has 2 atom stereocenters. The van der Waals surface area contributed by atoms with E-state index in [1.807, 2.05) is 0 Å². The minimum absolute atomic E-state index is 0.00970. The molecule has 6 aliphatic carbocycles. The van der Waals surface area contributed by atoms with Crippen LogP contribution in [-0.2, 0) is 59.6 Å². The van der Waals surface area contributed by atoms with Gasteiger partial charge in [-0.25, -0.2) is 0 Å². The van der Waals surface area contributed by atoms with E-state index in [1.165, 1.54) is 192 Å². The lowest BCUT2D eigenvalue weighted by Crippen LogP contribution is -2.56. The first-order chi connectivity index (χ1) is 43.5. The van der Waals surface area contributed by atoms with Gasteiger partial charge in [-0.05, 0) is 265 Å². The van der Waals surface area contributed by atoms with Crippen molar-refractivity contribution < 1.29 is 0 Å². The van der Waals surface area contributed by atoms with Crippen molar-refractivity contribution in [3.8, 4) is 0 Å². The summed E-state index contributed by atoms with van der Waals surface area (Å²) in [4.78, 5) is 8.85. The van der Waals surface area contributed by atoms with E-state index in [2.05, 4.69) is 278 Å². The standard InChI is InChI=1S/C89H112BN3S/c1-51-40-58-63(84(16,17)37-32-79(58,6)7)48-68(51)91-70-43-54(93-67-29-28-53(78(3,4)5)42-66(67)88(24)30-26-27-31-89(88,93)25)44-71-74(70)90(77-75(91)56-46-61-65(50-72(56)94-77)86(20,21)39-35-82(61,12)13)73-55-45-60-62(83(14,15)36-34-81(60,10)11)47-57(55)87(22,23)76(73)92(71)69-49-64-59(41-52(69)2)80(8,9)33-38-85(64,18)19/h28-29,40-50H,26-27,30-39H2,1-25H3. The fourth-order valence-corrected chi connectivity index (χ4v) is 22.6. The maximum atomic E-state index is 2.96. The summed E-state index contributed by atoms with van der Waals surface area (Å²) in [6.07, 6.45) is 14.3. The van der Waals surface area contributed by atoms with E-state index in [0.29, 0.717) is 0 Å². The van der Waals surface area contributed by atoms with Crippen molar-refractivity contribution in [3.05, 3.63) is 162 Å². The topological polar surface area (TPSA) is 9.72 Å². The van der Waals surface area contributed by atoms with Gasteiger partial charge in [0.05, 0.1) is 11.2 Å².